The van der Waals surface area contributed by atoms with Gasteiger partial charge in [0.2, 0.25) is 5.43 Å². The lowest BCUT2D eigenvalue weighted by Crippen LogP contribution is -2.04. The normalized spacial score (nSPS) is 12.0. The Morgan fingerprint density at radius 1 is 1.30 bits per heavy atom. The molecule has 0 bridgehead atoms. The van der Waals surface area contributed by atoms with E-state index < -0.39 is 22.9 Å². The van der Waals surface area contributed by atoms with Crippen molar-refractivity contribution in [2.24, 2.45) is 0 Å². The Labute approximate surface area is 131 Å². The Balaban J connectivity index is 1.80. The van der Waals surface area contributed by atoms with Gasteiger partial charge in [0, 0.05) is 6.07 Å². The first-order chi connectivity index (χ1) is 10.8. The number of alkyl halides is 3. The molecular formula is C14H9F3N2O3S. The van der Waals surface area contributed by atoms with E-state index in [4.69, 9.17) is 9.52 Å². The minimum absolute atomic E-state index is 0.238. The first-order valence-electron chi connectivity index (χ1n) is 6.33. The number of rotatable bonds is 3. The van der Waals surface area contributed by atoms with Gasteiger partial charge in [-0.3, -0.25) is 4.79 Å². The van der Waals surface area contributed by atoms with Gasteiger partial charge in [-0.05, 0) is 18.2 Å². The molecule has 0 radical (unpaired) electrons. The summed E-state index contributed by atoms with van der Waals surface area (Å²) >= 11 is 1.16. The van der Waals surface area contributed by atoms with Gasteiger partial charge in [0.15, 0.2) is 10.9 Å². The SMILES string of the molecule is O=c1cc(CSc2nc3ccc(C(F)(F)F)cc3[nH]2)occ1O. The van der Waals surface area contributed by atoms with Crippen LogP contribution in [0.2, 0.25) is 0 Å². The van der Waals surface area contributed by atoms with Gasteiger partial charge in [-0.2, -0.15) is 13.2 Å². The summed E-state index contributed by atoms with van der Waals surface area (Å²) in [6.45, 7) is 0. The van der Waals surface area contributed by atoms with Crippen LogP contribution in [-0.2, 0) is 11.9 Å². The summed E-state index contributed by atoms with van der Waals surface area (Å²) in [7, 11) is 0. The predicted molar refractivity (Wildman–Crippen MR) is 77.3 cm³/mol. The predicted octanol–water partition coefficient (Wildman–Crippen LogP) is 3.53. The molecular weight excluding hydrogens is 333 g/mol. The number of H-pyrrole nitrogens is 1. The second-order valence-corrected chi connectivity index (χ2v) is 5.62. The van der Waals surface area contributed by atoms with Crippen molar-refractivity contribution in [1.82, 2.24) is 9.97 Å². The lowest BCUT2D eigenvalue weighted by molar-refractivity contribution is -0.137. The van der Waals surface area contributed by atoms with Gasteiger partial charge >= 0.3 is 6.18 Å². The van der Waals surface area contributed by atoms with Crippen LogP contribution in [-0.4, -0.2) is 15.1 Å². The highest BCUT2D eigenvalue weighted by atomic mass is 32.2. The molecule has 120 valence electrons. The highest BCUT2D eigenvalue weighted by Crippen LogP contribution is 2.31. The Kier molecular flexibility index (Phi) is 3.80. The first-order valence-corrected chi connectivity index (χ1v) is 7.32. The molecule has 2 N–H and O–H groups in total. The standard InChI is InChI=1S/C14H9F3N2O3S/c15-14(16,17)7-1-2-9-10(3-7)19-13(18-9)23-6-8-4-11(20)12(21)5-22-8/h1-5,21H,6H2,(H,18,19). The number of aromatic nitrogens is 2. The zero-order valence-electron chi connectivity index (χ0n) is 11.3. The number of aromatic amines is 1. The number of nitrogens with zero attached hydrogens (tertiary/aromatic N) is 1. The first kappa shape index (κ1) is 15.5. The number of hydrogen-bond acceptors (Lipinski definition) is 5. The van der Waals surface area contributed by atoms with Gasteiger partial charge in [-0.25, -0.2) is 4.98 Å². The Bertz CT molecular complexity index is 918. The monoisotopic (exact) mass is 342 g/mol. The van der Waals surface area contributed by atoms with Crippen LogP contribution in [0.4, 0.5) is 13.2 Å². The highest BCUT2D eigenvalue weighted by Gasteiger charge is 2.30. The molecule has 2 heterocycles. The van der Waals surface area contributed by atoms with Crippen LogP contribution < -0.4 is 5.43 Å². The molecule has 0 amide bonds. The van der Waals surface area contributed by atoms with Crippen molar-refractivity contribution >= 4 is 22.8 Å². The van der Waals surface area contributed by atoms with Crippen LogP contribution >= 0.6 is 11.8 Å². The summed E-state index contributed by atoms with van der Waals surface area (Å²) < 4.78 is 43.0. The molecule has 23 heavy (non-hydrogen) atoms. The average molecular weight is 342 g/mol. The quantitative estimate of drug-likeness (QED) is 0.712. The fourth-order valence-electron chi connectivity index (χ4n) is 1.89. The Hall–Kier alpha value is -2.42. The third-order valence-corrected chi connectivity index (χ3v) is 3.90. The van der Waals surface area contributed by atoms with E-state index in [1.54, 1.807) is 0 Å². The Morgan fingerprint density at radius 3 is 2.78 bits per heavy atom. The maximum atomic E-state index is 12.7. The number of imidazole rings is 1. The summed E-state index contributed by atoms with van der Waals surface area (Å²) in [5, 5.41) is 9.49. The molecule has 0 fully saturated rings. The van der Waals surface area contributed by atoms with Crippen molar-refractivity contribution < 1.29 is 22.7 Å². The molecule has 0 unspecified atom stereocenters. The van der Waals surface area contributed by atoms with Crippen LogP contribution in [0.25, 0.3) is 11.0 Å². The molecule has 1 aromatic carbocycles. The van der Waals surface area contributed by atoms with Crippen LogP contribution in [0.3, 0.4) is 0 Å². The fraction of sp³-hybridized carbons (Fsp3) is 0.143. The largest absolute Gasteiger partial charge is 0.502 e. The van der Waals surface area contributed by atoms with Gasteiger partial charge in [0.05, 0.1) is 22.3 Å². The molecule has 0 saturated carbocycles. The van der Waals surface area contributed by atoms with E-state index in [0.29, 0.717) is 16.4 Å². The molecule has 9 heteroatoms. The number of thioether (sulfide) groups is 1. The third kappa shape index (κ3) is 3.34. The second-order valence-electron chi connectivity index (χ2n) is 4.66. The molecule has 3 rings (SSSR count). The highest BCUT2D eigenvalue weighted by molar-refractivity contribution is 7.98. The van der Waals surface area contributed by atoms with E-state index >= 15 is 0 Å². The summed E-state index contributed by atoms with van der Waals surface area (Å²) in [5.74, 6) is 0.0676. The number of aromatic hydroxyl groups is 1. The summed E-state index contributed by atoms with van der Waals surface area (Å²) in [6, 6.07) is 4.40. The molecule has 0 aliphatic heterocycles. The minimum Gasteiger partial charge on any atom is -0.502 e. The third-order valence-electron chi connectivity index (χ3n) is 3.01. The van der Waals surface area contributed by atoms with E-state index in [1.165, 1.54) is 6.07 Å². The Morgan fingerprint density at radius 2 is 2.09 bits per heavy atom. The second kappa shape index (κ2) is 5.65. The van der Waals surface area contributed by atoms with Crippen LogP contribution in [0, 0.1) is 0 Å². The van der Waals surface area contributed by atoms with E-state index in [-0.39, 0.29) is 11.3 Å². The van der Waals surface area contributed by atoms with Crippen molar-refractivity contribution in [3.05, 3.63) is 52.1 Å². The van der Waals surface area contributed by atoms with Gasteiger partial charge in [0.25, 0.3) is 0 Å². The topological polar surface area (TPSA) is 79.1 Å². The molecule has 5 nitrogen and oxygen atoms in total. The van der Waals surface area contributed by atoms with E-state index in [9.17, 15) is 18.0 Å². The van der Waals surface area contributed by atoms with E-state index in [2.05, 4.69) is 9.97 Å². The minimum atomic E-state index is -4.41. The fourth-order valence-corrected chi connectivity index (χ4v) is 2.67. The van der Waals surface area contributed by atoms with Gasteiger partial charge in [-0.1, -0.05) is 11.8 Å². The van der Waals surface area contributed by atoms with Crippen molar-refractivity contribution in [2.75, 3.05) is 0 Å². The van der Waals surface area contributed by atoms with Crippen LogP contribution in [0.5, 0.6) is 5.75 Å². The lowest BCUT2D eigenvalue weighted by atomic mass is 10.2. The molecule has 2 aromatic heterocycles. The van der Waals surface area contributed by atoms with Crippen molar-refractivity contribution in [2.45, 2.75) is 17.1 Å². The number of hydrogen-bond donors (Lipinski definition) is 2. The van der Waals surface area contributed by atoms with E-state index in [1.807, 2.05) is 0 Å². The number of halogens is 3. The molecule has 0 aliphatic rings. The van der Waals surface area contributed by atoms with Crippen molar-refractivity contribution in [1.29, 1.82) is 0 Å². The van der Waals surface area contributed by atoms with Gasteiger partial charge in [-0.15, -0.1) is 0 Å². The lowest BCUT2D eigenvalue weighted by Gasteiger charge is -2.05. The van der Waals surface area contributed by atoms with Crippen molar-refractivity contribution in [3.63, 3.8) is 0 Å². The zero-order valence-corrected chi connectivity index (χ0v) is 12.2. The summed E-state index contributed by atoms with van der Waals surface area (Å²) in [6.07, 6.45) is -3.48. The summed E-state index contributed by atoms with van der Waals surface area (Å²) in [4.78, 5) is 18.2. The van der Waals surface area contributed by atoms with Crippen LogP contribution in [0.15, 0.2) is 44.9 Å². The molecule has 0 aliphatic carbocycles. The van der Waals surface area contributed by atoms with Crippen molar-refractivity contribution in [3.8, 4) is 5.75 Å². The number of fused-ring (bicyclic) bond motifs is 1. The van der Waals surface area contributed by atoms with Gasteiger partial charge < -0.3 is 14.5 Å². The molecule has 0 atom stereocenters. The molecule has 0 spiro atoms. The number of benzene rings is 1. The number of nitrogens with one attached hydrogen (secondary N) is 1. The van der Waals surface area contributed by atoms with E-state index in [0.717, 1.165) is 36.2 Å². The zero-order chi connectivity index (χ0) is 16.6. The van der Waals surface area contributed by atoms with Gasteiger partial charge in [0.1, 0.15) is 12.0 Å². The van der Waals surface area contributed by atoms with Crippen LogP contribution in [0.1, 0.15) is 11.3 Å². The summed E-state index contributed by atoms with van der Waals surface area (Å²) in [5.41, 5.74) is -0.636. The average Bonchev–Trinajstić information content (AvgIpc) is 2.89. The maximum absolute atomic E-state index is 12.7. The molecule has 3 aromatic rings. The smallest absolute Gasteiger partial charge is 0.416 e. The maximum Gasteiger partial charge on any atom is 0.416 e. The molecule has 0 saturated heterocycles.